The predicted molar refractivity (Wildman–Crippen MR) is 163 cm³/mol. The van der Waals surface area contributed by atoms with E-state index in [0.29, 0.717) is 0 Å². The van der Waals surface area contributed by atoms with E-state index < -0.39 is 10.3 Å². The van der Waals surface area contributed by atoms with Crippen LogP contribution >= 0.6 is 0 Å². The van der Waals surface area contributed by atoms with Gasteiger partial charge in [0.15, 0.2) is 0 Å². The molecule has 1 saturated carbocycles. The number of aromatic nitrogens is 1. The summed E-state index contributed by atoms with van der Waals surface area (Å²) in [6.07, 6.45) is 11.6. The average molecular weight is 564 g/mol. The summed E-state index contributed by atoms with van der Waals surface area (Å²) >= 11 is 0. The molecule has 6 rings (SSSR count). The summed E-state index contributed by atoms with van der Waals surface area (Å²) in [5.41, 5.74) is 4.79. The minimum Gasteiger partial charge on any atom is -0.492 e. The second kappa shape index (κ2) is 15.0. The summed E-state index contributed by atoms with van der Waals surface area (Å²) in [4.78, 5) is 2.48. The van der Waals surface area contributed by atoms with E-state index in [2.05, 4.69) is 99.5 Å². The molecule has 0 radical (unpaired) electrons. The van der Waals surface area contributed by atoms with Gasteiger partial charge in [-0.25, -0.2) is 5.14 Å². The van der Waals surface area contributed by atoms with E-state index in [9.17, 15) is 0 Å². The lowest BCUT2D eigenvalue weighted by Gasteiger charge is -2.15. The van der Waals surface area contributed by atoms with Gasteiger partial charge in [0.1, 0.15) is 12.4 Å². The Balaban J connectivity index is 0.000000283. The molecule has 214 valence electrons. The summed E-state index contributed by atoms with van der Waals surface area (Å²) in [5.74, 6) is 0.936. The predicted octanol–water partition coefficient (Wildman–Crippen LogP) is 6.86. The van der Waals surface area contributed by atoms with Gasteiger partial charge in [0, 0.05) is 17.6 Å². The SMILES string of the molecule is C1CCCCC1.NS(=O)(=O)O.c1ccc(-c2cc3ccccc3n2-c2ccc(OCCN3CCCC3)cc2)cc1. The molecule has 0 atom stereocenters. The smallest absolute Gasteiger partial charge is 0.330 e. The van der Waals surface area contributed by atoms with Crippen LogP contribution in [0.2, 0.25) is 0 Å². The first kappa shape index (κ1) is 29.8. The van der Waals surface area contributed by atoms with Gasteiger partial charge in [-0.15, -0.1) is 0 Å². The molecule has 0 bridgehead atoms. The number of benzene rings is 3. The summed E-state index contributed by atoms with van der Waals surface area (Å²) < 4.78 is 33.5. The number of rotatable bonds is 6. The molecule has 2 fully saturated rings. The second-order valence-corrected chi connectivity index (χ2v) is 11.3. The standard InChI is InChI=1S/C26H26N2O.C6H12.H3NO3S/c1-2-8-21(9-3-1)26-20-22-10-4-5-11-25(22)28(26)23-12-14-24(15-13-23)29-19-18-27-16-6-7-17-27;1-2-4-6-5-3-1;1-5(2,3)4/h1-5,8-15,20H,6-7,16-19H2;1-6H2;(H3,1,2,3,4). The van der Waals surface area contributed by atoms with Gasteiger partial charge < -0.3 is 9.30 Å². The molecule has 4 aromatic rings. The second-order valence-electron chi connectivity index (χ2n) is 10.3. The van der Waals surface area contributed by atoms with E-state index in [1.165, 1.54) is 86.6 Å². The molecule has 1 aromatic heterocycles. The van der Waals surface area contributed by atoms with Crippen molar-refractivity contribution in [2.24, 2.45) is 5.14 Å². The monoisotopic (exact) mass is 563 g/mol. The molecule has 2 aliphatic rings. The third kappa shape index (κ3) is 9.48. The third-order valence-electron chi connectivity index (χ3n) is 7.25. The van der Waals surface area contributed by atoms with E-state index in [1.54, 1.807) is 0 Å². The minimum absolute atomic E-state index is 0.751. The van der Waals surface area contributed by atoms with E-state index in [0.717, 1.165) is 24.6 Å². The topological polar surface area (TPSA) is 97.8 Å². The van der Waals surface area contributed by atoms with Crippen LogP contribution in [-0.4, -0.2) is 48.7 Å². The van der Waals surface area contributed by atoms with Crippen LogP contribution in [0.3, 0.4) is 0 Å². The molecular weight excluding hydrogens is 522 g/mol. The lowest BCUT2D eigenvalue weighted by atomic mass is 10.0. The number of hydrogen-bond donors (Lipinski definition) is 2. The highest BCUT2D eigenvalue weighted by atomic mass is 32.2. The Morgan fingerprint density at radius 1 is 0.750 bits per heavy atom. The van der Waals surface area contributed by atoms with E-state index in [4.69, 9.17) is 17.7 Å². The molecule has 40 heavy (non-hydrogen) atoms. The number of nitrogens with zero attached hydrogens (tertiary/aromatic N) is 2. The van der Waals surface area contributed by atoms with Crippen molar-refractivity contribution in [3.8, 4) is 22.7 Å². The molecule has 2 heterocycles. The van der Waals surface area contributed by atoms with Crippen LogP contribution < -0.4 is 9.88 Å². The largest absolute Gasteiger partial charge is 0.492 e. The zero-order valence-corrected chi connectivity index (χ0v) is 23.9. The third-order valence-corrected chi connectivity index (χ3v) is 7.25. The van der Waals surface area contributed by atoms with E-state index in [1.807, 2.05) is 0 Å². The Bertz CT molecular complexity index is 1390. The maximum absolute atomic E-state index is 8.97. The van der Waals surface area contributed by atoms with E-state index in [-0.39, 0.29) is 0 Å². The summed E-state index contributed by atoms with van der Waals surface area (Å²) in [7, 11) is -4.17. The van der Waals surface area contributed by atoms with Crippen molar-refractivity contribution in [3.63, 3.8) is 0 Å². The number of likely N-dealkylation sites (tertiary alicyclic amines) is 1. The molecule has 8 heteroatoms. The van der Waals surface area contributed by atoms with Gasteiger partial charge in [-0.05, 0) is 67.9 Å². The van der Waals surface area contributed by atoms with Gasteiger partial charge in [0.25, 0.3) is 0 Å². The quantitative estimate of drug-likeness (QED) is 0.250. The van der Waals surface area contributed by atoms with Crippen molar-refractivity contribution in [2.75, 3.05) is 26.2 Å². The van der Waals surface area contributed by atoms with Crippen molar-refractivity contribution in [1.29, 1.82) is 0 Å². The lowest BCUT2D eigenvalue weighted by molar-refractivity contribution is 0.238. The van der Waals surface area contributed by atoms with Crippen molar-refractivity contribution < 1.29 is 17.7 Å². The molecule has 0 unspecified atom stereocenters. The van der Waals surface area contributed by atoms with Gasteiger partial charge in [0.05, 0.1) is 11.2 Å². The zero-order valence-electron chi connectivity index (χ0n) is 23.1. The number of para-hydroxylation sites is 1. The molecule has 1 aliphatic carbocycles. The first-order chi connectivity index (χ1) is 19.4. The van der Waals surface area contributed by atoms with E-state index >= 15 is 0 Å². The molecule has 0 amide bonds. The fourth-order valence-electron chi connectivity index (χ4n) is 5.31. The van der Waals surface area contributed by atoms with Crippen LogP contribution in [0, 0.1) is 0 Å². The number of fused-ring (bicyclic) bond motifs is 1. The van der Waals surface area contributed by atoms with Crippen LogP contribution in [0.1, 0.15) is 51.4 Å². The molecule has 3 N–H and O–H groups in total. The Kier molecular flexibility index (Phi) is 11.2. The fraction of sp³-hybridized carbons (Fsp3) is 0.375. The highest BCUT2D eigenvalue weighted by molar-refractivity contribution is 7.83. The molecular formula is C32H41N3O4S. The first-order valence-corrected chi connectivity index (χ1v) is 15.8. The Morgan fingerprint density at radius 3 is 1.90 bits per heavy atom. The summed E-state index contributed by atoms with van der Waals surface area (Å²) in [5, 5.41) is 5.13. The van der Waals surface area contributed by atoms with Gasteiger partial charge in [0.2, 0.25) is 0 Å². The summed E-state index contributed by atoms with van der Waals surface area (Å²) in [6, 6.07) is 29.9. The average Bonchev–Trinajstić information content (AvgIpc) is 3.63. The van der Waals surface area contributed by atoms with Gasteiger partial charge in [-0.1, -0.05) is 87.1 Å². The normalized spacial score (nSPS) is 15.6. The van der Waals surface area contributed by atoms with Gasteiger partial charge >= 0.3 is 10.3 Å². The summed E-state index contributed by atoms with van der Waals surface area (Å²) in [6.45, 7) is 4.19. The first-order valence-electron chi connectivity index (χ1n) is 14.3. The number of hydrogen-bond acceptors (Lipinski definition) is 4. The van der Waals surface area contributed by atoms with Crippen LogP contribution in [-0.2, 0) is 10.3 Å². The maximum atomic E-state index is 8.97. The van der Waals surface area contributed by atoms with Crippen LogP contribution in [0.15, 0.2) is 84.9 Å². The van der Waals surface area contributed by atoms with Gasteiger partial charge in [-0.2, -0.15) is 8.42 Å². The highest BCUT2D eigenvalue weighted by Crippen LogP contribution is 2.32. The lowest BCUT2D eigenvalue weighted by Crippen LogP contribution is -2.25. The van der Waals surface area contributed by atoms with Gasteiger partial charge in [-0.3, -0.25) is 9.45 Å². The Morgan fingerprint density at radius 2 is 1.30 bits per heavy atom. The van der Waals surface area contributed by atoms with Crippen molar-refractivity contribution in [1.82, 2.24) is 9.47 Å². The van der Waals surface area contributed by atoms with Crippen LogP contribution in [0.25, 0.3) is 27.8 Å². The molecule has 0 spiro atoms. The molecule has 1 aliphatic heterocycles. The minimum atomic E-state index is -4.17. The van der Waals surface area contributed by atoms with Crippen LogP contribution in [0.4, 0.5) is 0 Å². The number of nitrogens with two attached hydrogens (primary N) is 1. The Hall–Kier alpha value is -3.17. The molecule has 1 saturated heterocycles. The maximum Gasteiger partial charge on any atom is 0.330 e. The zero-order chi connectivity index (χ0) is 28.2. The van der Waals surface area contributed by atoms with Crippen molar-refractivity contribution in [2.45, 2.75) is 51.4 Å². The molecule has 7 nitrogen and oxygen atoms in total. The van der Waals surface area contributed by atoms with Crippen LogP contribution in [0.5, 0.6) is 5.75 Å². The fourth-order valence-corrected chi connectivity index (χ4v) is 5.31. The Labute approximate surface area is 238 Å². The van der Waals surface area contributed by atoms with Crippen molar-refractivity contribution in [3.05, 3.63) is 84.9 Å². The molecule has 3 aromatic carbocycles. The highest BCUT2D eigenvalue weighted by Gasteiger charge is 2.13. The number of ether oxygens (including phenoxy) is 1. The van der Waals surface area contributed by atoms with Crippen molar-refractivity contribution >= 4 is 21.2 Å².